The molecule has 4 heterocycles. The number of aliphatic hydroxyl groups excluding tert-OH is 1. The van der Waals surface area contributed by atoms with Crippen molar-refractivity contribution in [3.8, 4) is 39.7 Å². The lowest BCUT2D eigenvalue weighted by molar-refractivity contribution is 0.111. The number of hydrogen-bond acceptors (Lipinski definition) is 7. The summed E-state index contributed by atoms with van der Waals surface area (Å²) in [6, 6.07) is 18.0. The van der Waals surface area contributed by atoms with Crippen molar-refractivity contribution < 1.29 is 19.4 Å². The summed E-state index contributed by atoms with van der Waals surface area (Å²) in [5.41, 5.74) is 6.54. The van der Waals surface area contributed by atoms with Gasteiger partial charge in [0.05, 0.1) is 0 Å². The molecule has 3 aromatic heterocycles. The fourth-order valence-corrected chi connectivity index (χ4v) is 4.19. The summed E-state index contributed by atoms with van der Waals surface area (Å²) in [5, 5.41) is 19.8. The lowest BCUT2D eigenvalue weighted by Crippen LogP contribution is -2.15. The molecule has 35 heavy (non-hydrogen) atoms. The highest BCUT2D eigenvalue weighted by Gasteiger charge is 2.16. The Labute approximate surface area is 201 Å². The van der Waals surface area contributed by atoms with Gasteiger partial charge in [0.25, 0.3) is 5.95 Å². The van der Waals surface area contributed by atoms with E-state index in [0.717, 1.165) is 46.4 Å². The third kappa shape index (κ3) is 4.02. The van der Waals surface area contributed by atoms with Crippen LogP contribution in [-0.2, 0) is 0 Å². The summed E-state index contributed by atoms with van der Waals surface area (Å²) in [7, 11) is 1.00. The maximum absolute atomic E-state index is 11.0. The highest BCUT2D eigenvalue weighted by Crippen LogP contribution is 2.37. The summed E-state index contributed by atoms with van der Waals surface area (Å²) >= 11 is 0. The predicted octanol–water partition coefficient (Wildman–Crippen LogP) is 3.75. The minimum Gasteiger partial charge on any atom is -0.486 e. The maximum Gasteiger partial charge on any atom is 0.256 e. The first-order chi connectivity index (χ1) is 17.2. The number of nitrogens with zero attached hydrogens (tertiary/aromatic N) is 5. The van der Waals surface area contributed by atoms with Crippen LogP contribution in [-0.4, -0.2) is 56.1 Å². The molecular formula is C26H23N5O4. The molecule has 9 nitrogen and oxygen atoms in total. The molecule has 0 atom stereocenters. The van der Waals surface area contributed by atoms with Crippen LogP contribution in [0.25, 0.3) is 33.8 Å². The van der Waals surface area contributed by atoms with E-state index in [0.29, 0.717) is 36.8 Å². The summed E-state index contributed by atoms with van der Waals surface area (Å²) in [6.45, 7) is 3.25. The Kier molecular flexibility index (Phi) is 5.99. The molecule has 0 aliphatic carbocycles. The van der Waals surface area contributed by atoms with E-state index in [1.807, 2.05) is 34.9 Å². The summed E-state index contributed by atoms with van der Waals surface area (Å²) in [6.07, 6.45) is 4.31. The van der Waals surface area contributed by atoms with Crippen molar-refractivity contribution in [1.82, 2.24) is 24.4 Å². The minimum absolute atomic E-state index is 0.343. The highest BCUT2D eigenvalue weighted by molar-refractivity contribution is 5.80. The summed E-state index contributed by atoms with van der Waals surface area (Å²) in [5.74, 6) is 2.08. The van der Waals surface area contributed by atoms with Crippen molar-refractivity contribution in [2.45, 2.75) is 6.92 Å². The summed E-state index contributed by atoms with van der Waals surface area (Å²) in [4.78, 5) is 11.0. The fourth-order valence-electron chi connectivity index (χ4n) is 4.19. The molecule has 0 bridgehead atoms. The number of rotatable bonds is 4. The molecule has 6 rings (SSSR count). The number of fused-ring (bicyclic) bond motifs is 2. The number of benzene rings is 2. The van der Waals surface area contributed by atoms with Gasteiger partial charge in [-0.2, -0.15) is 5.10 Å². The van der Waals surface area contributed by atoms with E-state index in [1.54, 1.807) is 12.3 Å². The van der Waals surface area contributed by atoms with Crippen molar-refractivity contribution >= 4 is 11.9 Å². The van der Waals surface area contributed by atoms with Gasteiger partial charge in [0, 0.05) is 19.5 Å². The van der Waals surface area contributed by atoms with Crippen molar-refractivity contribution in [1.29, 1.82) is 0 Å². The van der Waals surface area contributed by atoms with Gasteiger partial charge >= 0.3 is 0 Å². The van der Waals surface area contributed by atoms with Gasteiger partial charge in [-0.1, -0.05) is 24.3 Å². The Morgan fingerprint density at radius 3 is 2.37 bits per heavy atom. The van der Waals surface area contributed by atoms with E-state index < -0.39 is 0 Å². The normalized spacial score (nSPS) is 12.2. The first-order valence-electron chi connectivity index (χ1n) is 11.0. The molecule has 0 unspecified atom stereocenters. The van der Waals surface area contributed by atoms with E-state index in [4.69, 9.17) is 14.6 Å². The predicted molar refractivity (Wildman–Crippen MR) is 130 cm³/mol. The van der Waals surface area contributed by atoms with Crippen molar-refractivity contribution in [2.75, 3.05) is 20.3 Å². The van der Waals surface area contributed by atoms with Crippen LogP contribution < -0.4 is 9.47 Å². The second-order valence-corrected chi connectivity index (χ2v) is 7.78. The average Bonchev–Trinajstić information content (AvgIpc) is 3.56. The number of ether oxygens (including phenoxy) is 2. The number of carbonyl (C=O) groups is 1. The number of carbonyl (C=O) groups excluding carboxylic acids is 1. The molecule has 0 saturated carbocycles. The van der Waals surface area contributed by atoms with Gasteiger partial charge in [-0.05, 0) is 65.1 Å². The molecule has 0 saturated heterocycles. The molecule has 0 amide bonds. The standard InChI is InChI=1S/C25H19N5O3.CH4O/c1-16-20(17-5-6-22-23(13-17)33-12-11-32-22)3-2-4-21(16)18-7-9-29-24(14-18)26-27-25(29)30-10-8-19(15-31)28-30;1-2/h2-10,13-15H,11-12H2,1H3;2H,1H3. The molecule has 0 radical (unpaired) electrons. The van der Waals surface area contributed by atoms with Gasteiger partial charge in [-0.25, -0.2) is 4.68 Å². The van der Waals surface area contributed by atoms with Crippen LogP contribution in [0.2, 0.25) is 0 Å². The zero-order chi connectivity index (χ0) is 24.4. The number of hydrogen-bond donors (Lipinski definition) is 1. The largest absolute Gasteiger partial charge is 0.486 e. The maximum atomic E-state index is 11.0. The van der Waals surface area contributed by atoms with Gasteiger partial charge in [0.1, 0.15) is 18.9 Å². The zero-order valence-corrected chi connectivity index (χ0v) is 19.3. The Balaban J connectivity index is 0.00000124. The first kappa shape index (κ1) is 22.3. The van der Waals surface area contributed by atoms with Gasteiger partial charge < -0.3 is 14.6 Å². The SMILES string of the molecule is CO.Cc1c(-c2ccc3c(c2)OCCO3)cccc1-c1ccn2c(-n3ccc(C=O)n3)nnc2c1. The van der Waals surface area contributed by atoms with Crippen LogP contribution in [0.15, 0.2) is 67.0 Å². The fraction of sp³-hybridized carbons (Fsp3) is 0.154. The Hall–Kier alpha value is -4.50. The van der Waals surface area contributed by atoms with Gasteiger partial charge in [0.15, 0.2) is 23.4 Å². The second-order valence-electron chi connectivity index (χ2n) is 7.78. The van der Waals surface area contributed by atoms with Gasteiger partial charge in [0.2, 0.25) is 0 Å². The Morgan fingerprint density at radius 1 is 0.886 bits per heavy atom. The monoisotopic (exact) mass is 469 g/mol. The van der Waals surface area contributed by atoms with Gasteiger partial charge in [-0.15, -0.1) is 10.2 Å². The number of aliphatic hydroxyl groups is 1. The molecule has 5 aromatic rings. The van der Waals surface area contributed by atoms with E-state index in [9.17, 15) is 4.79 Å². The second kappa shape index (κ2) is 9.40. The first-order valence-corrected chi connectivity index (χ1v) is 11.0. The van der Waals surface area contributed by atoms with E-state index >= 15 is 0 Å². The molecule has 1 aliphatic rings. The molecule has 1 aliphatic heterocycles. The highest BCUT2D eigenvalue weighted by atomic mass is 16.6. The van der Waals surface area contributed by atoms with Crippen LogP contribution >= 0.6 is 0 Å². The van der Waals surface area contributed by atoms with Crippen LogP contribution in [0, 0.1) is 6.92 Å². The van der Waals surface area contributed by atoms with E-state index in [2.05, 4.69) is 46.5 Å². The van der Waals surface area contributed by atoms with Crippen LogP contribution in [0.4, 0.5) is 0 Å². The third-order valence-electron chi connectivity index (χ3n) is 5.83. The lowest BCUT2D eigenvalue weighted by Gasteiger charge is -2.19. The van der Waals surface area contributed by atoms with E-state index in [1.165, 1.54) is 4.68 Å². The van der Waals surface area contributed by atoms with Crippen LogP contribution in [0.1, 0.15) is 16.1 Å². The summed E-state index contributed by atoms with van der Waals surface area (Å²) < 4.78 is 14.8. The average molecular weight is 470 g/mol. The third-order valence-corrected chi connectivity index (χ3v) is 5.83. The Bertz CT molecular complexity index is 1520. The number of aldehydes is 1. The van der Waals surface area contributed by atoms with E-state index in [-0.39, 0.29) is 0 Å². The molecule has 9 heteroatoms. The smallest absolute Gasteiger partial charge is 0.256 e. The zero-order valence-electron chi connectivity index (χ0n) is 19.3. The lowest BCUT2D eigenvalue weighted by atomic mass is 9.93. The molecule has 0 spiro atoms. The minimum atomic E-state index is 0.343. The van der Waals surface area contributed by atoms with Crippen molar-refractivity contribution in [3.63, 3.8) is 0 Å². The number of pyridine rings is 1. The van der Waals surface area contributed by atoms with Crippen LogP contribution in [0.5, 0.6) is 11.5 Å². The molecular weight excluding hydrogens is 446 g/mol. The molecule has 176 valence electrons. The quantitative estimate of drug-likeness (QED) is 0.400. The van der Waals surface area contributed by atoms with Crippen LogP contribution in [0.3, 0.4) is 0 Å². The Morgan fingerprint density at radius 2 is 1.63 bits per heavy atom. The molecule has 1 N–H and O–H groups in total. The van der Waals surface area contributed by atoms with Gasteiger partial charge in [-0.3, -0.25) is 9.20 Å². The molecule has 2 aromatic carbocycles. The number of aromatic nitrogens is 5. The van der Waals surface area contributed by atoms with Crippen molar-refractivity contribution in [3.05, 3.63) is 78.2 Å². The topological polar surface area (TPSA) is 104 Å². The van der Waals surface area contributed by atoms with Crippen molar-refractivity contribution in [2.24, 2.45) is 0 Å². The molecule has 0 fully saturated rings.